The second kappa shape index (κ2) is 11.3. The first-order chi connectivity index (χ1) is 21.0. The van der Waals surface area contributed by atoms with E-state index in [2.05, 4.69) is 10.3 Å². The summed E-state index contributed by atoms with van der Waals surface area (Å²) in [7, 11) is 0. The Morgan fingerprint density at radius 2 is 1.61 bits per heavy atom. The number of anilines is 1. The Labute approximate surface area is 259 Å². The number of hydrogen-bond acceptors (Lipinski definition) is 5. The average molecular weight is 637 g/mol. The third-order valence-electron chi connectivity index (χ3n) is 7.80. The van der Waals surface area contributed by atoms with E-state index in [-0.39, 0.29) is 11.1 Å². The summed E-state index contributed by atoms with van der Waals surface area (Å²) in [4.78, 5) is 29.6. The van der Waals surface area contributed by atoms with Crippen molar-refractivity contribution in [2.45, 2.75) is 37.5 Å². The quantitative estimate of drug-likeness (QED) is 0.186. The SMILES string of the molecule is C[C@@H](OC(=O)Nc1c(-c2ccc(-c3ccc(C4(C(=O)O)CC4)cc3)cc2)sc2ncc(C(F)(F)F)cc12)c1ccccc1Cl. The van der Waals surface area contributed by atoms with Crippen LogP contribution in [0.2, 0.25) is 5.02 Å². The molecule has 3 aromatic carbocycles. The molecule has 1 amide bonds. The van der Waals surface area contributed by atoms with Gasteiger partial charge >= 0.3 is 18.2 Å². The lowest BCUT2D eigenvalue weighted by Crippen LogP contribution is -2.19. The number of rotatable bonds is 7. The zero-order chi connectivity index (χ0) is 31.2. The number of fused-ring (bicyclic) bond motifs is 1. The van der Waals surface area contributed by atoms with Gasteiger partial charge < -0.3 is 9.84 Å². The number of aliphatic carboxylic acids is 1. The summed E-state index contributed by atoms with van der Waals surface area (Å²) in [6, 6.07) is 22.6. The Balaban J connectivity index is 1.32. The van der Waals surface area contributed by atoms with Gasteiger partial charge in [-0.3, -0.25) is 10.1 Å². The Hall–Kier alpha value is -4.41. The van der Waals surface area contributed by atoms with Crippen LogP contribution < -0.4 is 5.32 Å². The molecule has 2 aromatic heterocycles. The van der Waals surface area contributed by atoms with Crippen LogP contribution in [0, 0.1) is 0 Å². The van der Waals surface area contributed by atoms with Gasteiger partial charge in [0.1, 0.15) is 10.9 Å². The normalized spacial score (nSPS) is 14.7. The van der Waals surface area contributed by atoms with E-state index in [0.29, 0.717) is 38.7 Å². The van der Waals surface area contributed by atoms with Gasteiger partial charge in [0.2, 0.25) is 0 Å². The van der Waals surface area contributed by atoms with Gasteiger partial charge in [0, 0.05) is 22.2 Å². The lowest BCUT2D eigenvalue weighted by Gasteiger charge is -2.16. The maximum absolute atomic E-state index is 13.6. The van der Waals surface area contributed by atoms with Gasteiger partial charge in [0.15, 0.2) is 0 Å². The number of carbonyl (C=O) groups is 2. The number of carbonyl (C=O) groups excluding carboxylic acids is 1. The molecule has 1 aliphatic rings. The number of thiophene rings is 1. The van der Waals surface area contributed by atoms with Gasteiger partial charge in [-0.25, -0.2) is 9.78 Å². The van der Waals surface area contributed by atoms with E-state index < -0.39 is 35.3 Å². The van der Waals surface area contributed by atoms with Crippen LogP contribution in [0.15, 0.2) is 85.1 Å². The standard InChI is InChI=1S/C33H24ClF3N2O4S/c1-18(24-4-2-3-5-26(24)34)43-31(42)39-27-25-16-23(33(35,36)37)17-38-29(25)44-28(27)21-8-6-19(7-9-21)20-10-12-22(13-11-20)32(14-15-32)30(40)41/h2-13,16-18H,14-15H2,1H3,(H,39,42)(H,40,41)/t18-/m1/s1. The number of benzene rings is 3. The Kier molecular flexibility index (Phi) is 7.59. The third kappa shape index (κ3) is 5.62. The fraction of sp³-hybridized carbons (Fsp3) is 0.182. The smallest absolute Gasteiger partial charge is 0.417 e. The summed E-state index contributed by atoms with van der Waals surface area (Å²) < 4.78 is 46.3. The number of alkyl halides is 3. The highest BCUT2D eigenvalue weighted by Crippen LogP contribution is 2.49. The predicted octanol–water partition coefficient (Wildman–Crippen LogP) is 9.73. The summed E-state index contributed by atoms with van der Waals surface area (Å²) in [5.74, 6) is -0.818. The van der Waals surface area contributed by atoms with Gasteiger partial charge in [0.05, 0.1) is 21.5 Å². The number of amides is 1. The van der Waals surface area contributed by atoms with Crippen molar-refractivity contribution in [3.05, 3.63) is 107 Å². The minimum absolute atomic E-state index is 0.134. The molecule has 11 heteroatoms. The van der Waals surface area contributed by atoms with Crippen molar-refractivity contribution >= 4 is 50.9 Å². The highest BCUT2D eigenvalue weighted by molar-refractivity contribution is 7.22. The summed E-state index contributed by atoms with van der Waals surface area (Å²) in [6.07, 6.45) is -4.20. The summed E-state index contributed by atoms with van der Waals surface area (Å²) >= 11 is 7.39. The van der Waals surface area contributed by atoms with Crippen molar-refractivity contribution in [3.63, 3.8) is 0 Å². The Bertz CT molecular complexity index is 1880. The minimum Gasteiger partial charge on any atom is -0.481 e. The zero-order valence-corrected chi connectivity index (χ0v) is 24.7. The molecule has 224 valence electrons. The molecule has 0 bridgehead atoms. The molecule has 0 spiro atoms. The monoisotopic (exact) mass is 636 g/mol. The van der Waals surface area contributed by atoms with Crippen molar-refractivity contribution in [2.75, 3.05) is 5.32 Å². The number of carboxylic acid groups (broad SMARTS) is 1. The molecule has 0 unspecified atom stereocenters. The molecule has 1 saturated carbocycles. The van der Waals surface area contributed by atoms with E-state index in [9.17, 15) is 27.9 Å². The summed E-state index contributed by atoms with van der Waals surface area (Å²) in [6.45, 7) is 1.65. The number of nitrogens with one attached hydrogen (secondary N) is 1. The predicted molar refractivity (Wildman–Crippen MR) is 164 cm³/mol. The second-order valence-corrected chi connectivity index (χ2v) is 12.0. The third-order valence-corrected chi connectivity index (χ3v) is 9.31. The zero-order valence-electron chi connectivity index (χ0n) is 23.1. The largest absolute Gasteiger partial charge is 0.481 e. The maximum atomic E-state index is 13.6. The maximum Gasteiger partial charge on any atom is 0.417 e. The average Bonchev–Trinajstić information content (AvgIpc) is 3.74. The van der Waals surface area contributed by atoms with Crippen LogP contribution in [0.25, 0.3) is 31.8 Å². The number of pyridine rings is 1. The fourth-order valence-electron chi connectivity index (χ4n) is 5.17. The highest BCUT2D eigenvalue weighted by Gasteiger charge is 2.51. The van der Waals surface area contributed by atoms with Gasteiger partial charge in [-0.15, -0.1) is 11.3 Å². The molecule has 5 aromatic rings. The van der Waals surface area contributed by atoms with Gasteiger partial charge in [-0.1, -0.05) is 78.3 Å². The first-order valence-corrected chi connectivity index (χ1v) is 14.8. The van der Waals surface area contributed by atoms with Crippen molar-refractivity contribution < 1.29 is 32.6 Å². The van der Waals surface area contributed by atoms with Crippen LogP contribution in [0.4, 0.5) is 23.7 Å². The molecular weight excluding hydrogens is 613 g/mol. The van der Waals surface area contributed by atoms with Crippen LogP contribution in [0.1, 0.15) is 42.6 Å². The number of ether oxygens (including phenoxy) is 1. The van der Waals surface area contributed by atoms with E-state index in [1.165, 1.54) is 0 Å². The van der Waals surface area contributed by atoms with Crippen molar-refractivity contribution in [2.24, 2.45) is 0 Å². The first-order valence-electron chi connectivity index (χ1n) is 13.6. The van der Waals surface area contributed by atoms with E-state index >= 15 is 0 Å². The summed E-state index contributed by atoms with van der Waals surface area (Å²) in [5, 5.41) is 12.8. The molecule has 1 fully saturated rings. The van der Waals surface area contributed by atoms with Crippen LogP contribution in [-0.4, -0.2) is 22.2 Å². The molecule has 44 heavy (non-hydrogen) atoms. The molecule has 0 radical (unpaired) electrons. The van der Waals surface area contributed by atoms with E-state index in [1.807, 2.05) is 36.4 Å². The Morgan fingerprint density at radius 3 is 2.20 bits per heavy atom. The highest BCUT2D eigenvalue weighted by atomic mass is 35.5. The summed E-state index contributed by atoms with van der Waals surface area (Å²) in [5.41, 5.74) is 2.17. The first kappa shape index (κ1) is 29.7. The molecule has 1 atom stereocenters. The number of nitrogens with zero attached hydrogens (tertiary/aromatic N) is 1. The lowest BCUT2D eigenvalue weighted by molar-refractivity contribution is -0.140. The molecule has 0 aliphatic heterocycles. The topological polar surface area (TPSA) is 88.5 Å². The van der Waals surface area contributed by atoms with E-state index in [4.69, 9.17) is 16.3 Å². The van der Waals surface area contributed by atoms with Crippen LogP contribution in [0.3, 0.4) is 0 Å². The molecule has 2 heterocycles. The molecule has 1 aliphatic carbocycles. The second-order valence-electron chi connectivity index (χ2n) is 10.6. The number of halogens is 4. The van der Waals surface area contributed by atoms with Gasteiger partial charge in [0.25, 0.3) is 0 Å². The van der Waals surface area contributed by atoms with Gasteiger partial charge in [-0.2, -0.15) is 13.2 Å². The molecule has 2 N–H and O–H groups in total. The van der Waals surface area contributed by atoms with Crippen molar-refractivity contribution in [3.8, 4) is 21.6 Å². The minimum atomic E-state index is -4.62. The van der Waals surface area contributed by atoms with Crippen LogP contribution in [0.5, 0.6) is 0 Å². The number of hydrogen-bond donors (Lipinski definition) is 2. The molecule has 6 rings (SSSR count). The number of carboxylic acids is 1. The molecule has 6 nitrogen and oxygen atoms in total. The van der Waals surface area contributed by atoms with E-state index in [1.54, 1.807) is 43.3 Å². The van der Waals surface area contributed by atoms with Crippen molar-refractivity contribution in [1.29, 1.82) is 0 Å². The van der Waals surface area contributed by atoms with E-state index in [0.717, 1.165) is 40.3 Å². The van der Waals surface area contributed by atoms with Crippen LogP contribution in [-0.2, 0) is 21.1 Å². The van der Waals surface area contributed by atoms with Gasteiger partial charge in [-0.05, 0) is 54.2 Å². The number of aromatic nitrogens is 1. The fourth-order valence-corrected chi connectivity index (χ4v) is 6.55. The lowest BCUT2D eigenvalue weighted by atomic mass is 9.93. The Morgan fingerprint density at radius 1 is 1.00 bits per heavy atom. The molecule has 0 saturated heterocycles. The van der Waals surface area contributed by atoms with Crippen molar-refractivity contribution in [1.82, 2.24) is 4.98 Å². The molecular formula is C33H24ClF3N2O4S. The van der Waals surface area contributed by atoms with Crippen LogP contribution >= 0.6 is 22.9 Å².